The van der Waals surface area contributed by atoms with Crippen LogP contribution in [0, 0.1) is 0 Å². The molecule has 0 fully saturated rings. The standard InChI is InChI=1S/C12H16N2O5S/c1-9(15)14(6-5-13-20(2,16)17)10-3-4-11-12(7-10)19-8-18-11/h3-4,7,13H,5-6,8H2,1-2H3. The van der Waals surface area contributed by atoms with Gasteiger partial charge in [-0.2, -0.15) is 0 Å². The minimum absolute atomic E-state index is 0.146. The van der Waals surface area contributed by atoms with Crippen LogP contribution >= 0.6 is 0 Å². The minimum atomic E-state index is -3.27. The van der Waals surface area contributed by atoms with Gasteiger partial charge in [-0.3, -0.25) is 4.79 Å². The number of amides is 1. The lowest BCUT2D eigenvalue weighted by atomic mass is 10.2. The molecule has 0 radical (unpaired) electrons. The van der Waals surface area contributed by atoms with Crippen LogP contribution in [-0.4, -0.2) is 40.5 Å². The van der Waals surface area contributed by atoms with E-state index < -0.39 is 10.0 Å². The molecule has 0 saturated heterocycles. The highest BCUT2D eigenvalue weighted by molar-refractivity contribution is 7.88. The van der Waals surface area contributed by atoms with Crippen LogP contribution in [0.15, 0.2) is 18.2 Å². The highest BCUT2D eigenvalue weighted by Crippen LogP contribution is 2.35. The molecule has 1 amide bonds. The SMILES string of the molecule is CC(=O)N(CCNS(C)(=O)=O)c1ccc2c(c1)OCO2. The Bertz CT molecular complexity index is 614. The second kappa shape index (κ2) is 5.68. The summed E-state index contributed by atoms with van der Waals surface area (Å²) >= 11 is 0. The van der Waals surface area contributed by atoms with Crippen molar-refractivity contribution < 1.29 is 22.7 Å². The topological polar surface area (TPSA) is 84.9 Å². The van der Waals surface area contributed by atoms with Crippen LogP contribution in [0.3, 0.4) is 0 Å². The zero-order chi connectivity index (χ0) is 14.8. The Balaban J connectivity index is 2.10. The molecular weight excluding hydrogens is 284 g/mol. The van der Waals surface area contributed by atoms with E-state index >= 15 is 0 Å². The number of sulfonamides is 1. The summed E-state index contributed by atoms with van der Waals surface area (Å²) in [5, 5.41) is 0. The molecule has 0 aromatic heterocycles. The fourth-order valence-electron chi connectivity index (χ4n) is 1.86. The van der Waals surface area contributed by atoms with Gasteiger partial charge in [-0.15, -0.1) is 0 Å². The number of nitrogens with one attached hydrogen (secondary N) is 1. The number of carbonyl (C=O) groups is 1. The third kappa shape index (κ3) is 3.61. The summed E-state index contributed by atoms with van der Waals surface area (Å²) in [6.45, 7) is 1.97. The fraction of sp³-hybridized carbons (Fsp3) is 0.417. The van der Waals surface area contributed by atoms with Crippen molar-refractivity contribution in [1.29, 1.82) is 0 Å². The van der Waals surface area contributed by atoms with Crippen molar-refractivity contribution in [3.05, 3.63) is 18.2 Å². The van der Waals surface area contributed by atoms with Gasteiger partial charge in [0.25, 0.3) is 0 Å². The second-order valence-corrected chi connectivity index (χ2v) is 6.21. The fourth-order valence-corrected chi connectivity index (χ4v) is 2.33. The zero-order valence-electron chi connectivity index (χ0n) is 11.3. The van der Waals surface area contributed by atoms with E-state index in [1.54, 1.807) is 18.2 Å². The summed E-state index contributed by atoms with van der Waals surface area (Å²) in [6, 6.07) is 5.15. The van der Waals surface area contributed by atoms with Crippen molar-refractivity contribution in [2.45, 2.75) is 6.92 Å². The largest absolute Gasteiger partial charge is 0.454 e. The van der Waals surface area contributed by atoms with Crippen molar-refractivity contribution in [3.63, 3.8) is 0 Å². The van der Waals surface area contributed by atoms with Crippen LogP contribution in [0.2, 0.25) is 0 Å². The molecule has 0 unspecified atom stereocenters. The van der Waals surface area contributed by atoms with Crippen molar-refractivity contribution in [2.24, 2.45) is 0 Å². The van der Waals surface area contributed by atoms with Crippen LogP contribution < -0.4 is 19.1 Å². The summed E-state index contributed by atoms with van der Waals surface area (Å²) in [5.41, 5.74) is 0.636. The number of hydrogen-bond donors (Lipinski definition) is 1. The number of benzene rings is 1. The van der Waals surface area contributed by atoms with E-state index in [1.165, 1.54) is 11.8 Å². The van der Waals surface area contributed by atoms with E-state index in [4.69, 9.17) is 9.47 Å². The monoisotopic (exact) mass is 300 g/mol. The molecule has 1 aromatic rings. The Labute approximate surface area is 117 Å². The van der Waals surface area contributed by atoms with Crippen molar-refractivity contribution in [3.8, 4) is 11.5 Å². The maximum Gasteiger partial charge on any atom is 0.231 e. The van der Waals surface area contributed by atoms with Gasteiger partial charge in [-0.1, -0.05) is 0 Å². The maximum atomic E-state index is 11.7. The molecule has 7 nitrogen and oxygen atoms in total. The lowest BCUT2D eigenvalue weighted by Crippen LogP contribution is -2.37. The first-order chi connectivity index (χ1) is 9.37. The van der Waals surface area contributed by atoms with E-state index in [-0.39, 0.29) is 25.8 Å². The lowest BCUT2D eigenvalue weighted by Gasteiger charge is -2.21. The average molecular weight is 300 g/mol. The molecule has 1 aliphatic rings. The Morgan fingerprint density at radius 2 is 2.05 bits per heavy atom. The number of hydrogen-bond acceptors (Lipinski definition) is 5. The van der Waals surface area contributed by atoms with Gasteiger partial charge in [0.1, 0.15) is 0 Å². The summed E-state index contributed by atoms with van der Waals surface area (Å²) in [7, 11) is -3.27. The third-order valence-corrected chi connectivity index (χ3v) is 3.48. The first kappa shape index (κ1) is 14.6. The smallest absolute Gasteiger partial charge is 0.231 e. The number of anilines is 1. The van der Waals surface area contributed by atoms with Crippen LogP contribution in [0.5, 0.6) is 11.5 Å². The molecule has 0 spiro atoms. The number of rotatable bonds is 5. The van der Waals surface area contributed by atoms with Crippen LogP contribution in [0.1, 0.15) is 6.92 Å². The molecule has 0 aliphatic carbocycles. The summed E-state index contributed by atoms with van der Waals surface area (Å²) in [6.07, 6.45) is 1.08. The van der Waals surface area contributed by atoms with Crippen molar-refractivity contribution in [1.82, 2.24) is 4.72 Å². The van der Waals surface area contributed by atoms with E-state index in [2.05, 4.69) is 4.72 Å². The summed E-state index contributed by atoms with van der Waals surface area (Å²) in [5.74, 6) is 1.02. The van der Waals surface area contributed by atoms with E-state index in [9.17, 15) is 13.2 Å². The van der Waals surface area contributed by atoms with Gasteiger partial charge >= 0.3 is 0 Å². The molecule has 2 rings (SSSR count). The lowest BCUT2D eigenvalue weighted by molar-refractivity contribution is -0.116. The molecule has 1 N–H and O–H groups in total. The molecule has 0 saturated carbocycles. The average Bonchev–Trinajstić information content (AvgIpc) is 2.79. The van der Waals surface area contributed by atoms with Crippen LogP contribution in [-0.2, 0) is 14.8 Å². The van der Waals surface area contributed by atoms with Gasteiger partial charge in [0, 0.05) is 31.8 Å². The van der Waals surface area contributed by atoms with E-state index in [1.807, 2.05) is 0 Å². The van der Waals surface area contributed by atoms with Gasteiger partial charge in [-0.25, -0.2) is 13.1 Å². The molecule has 0 bridgehead atoms. The maximum absolute atomic E-state index is 11.7. The van der Waals surface area contributed by atoms with E-state index in [0.717, 1.165) is 6.26 Å². The van der Waals surface area contributed by atoms with Gasteiger partial charge < -0.3 is 14.4 Å². The molecule has 1 aliphatic heterocycles. The molecular formula is C12H16N2O5S. The van der Waals surface area contributed by atoms with Crippen LogP contribution in [0.25, 0.3) is 0 Å². The molecule has 0 atom stereocenters. The van der Waals surface area contributed by atoms with Crippen LogP contribution in [0.4, 0.5) is 5.69 Å². The number of fused-ring (bicyclic) bond motifs is 1. The number of nitrogens with zero attached hydrogens (tertiary/aromatic N) is 1. The van der Waals surface area contributed by atoms with Gasteiger partial charge in [0.15, 0.2) is 11.5 Å². The normalized spacial score (nSPS) is 13.3. The number of carbonyl (C=O) groups excluding carboxylic acids is 1. The molecule has 110 valence electrons. The molecule has 8 heteroatoms. The van der Waals surface area contributed by atoms with Gasteiger partial charge in [-0.05, 0) is 12.1 Å². The first-order valence-corrected chi connectivity index (χ1v) is 7.88. The van der Waals surface area contributed by atoms with Crippen molar-refractivity contribution in [2.75, 3.05) is 31.0 Å². The quantitative estimate of drug-likeness (QED) is 0.846. The third-order valence-electron chi connectivity index (χ3n) is 2.75. The highest BCUT2D eigenvalue weighted by Gasteiger charge is 2.18. The molecule has 1 heterocycles. The summed E-state index contributed by atoms with van der Waals surface area (Å²) < 4.78 is 34.9. The highest BCUT2D eigenvalue weighted by atomic mass is 32.2. The minimum Gasteiger partial charge on any atom is -0.454 e. The summed E-state index contributed by atoms with van der Waals surface area (Å²) in [4.78, 5) is 13.1. The van der Waals surface area contributed by atoms with Gasteiger partial charge in [0.05, 0.1) is 6.26 Å². The zero-order valence-corrected chi connectivity index (χ0v) is 12.1. The predicted octanol–water partition coefficient (Wildman–Crippen LogP) is 0.317. The number of ether oxygens (including phenoxy) is 2. The van der Waals surface area contributed by atoms with E-state index in [0.29, 0.717) is 17.2 Å². The molecule has 1 aromatic carbocycles. The molecule has 20 heavy (non-hydrogen) atoms. The Kier molecular flexibility index (Phi) is 4.15. The van der Waals surface area contributed by atoms with Crippen molar-refractivity contribution >= 4 is 21.6 Å². The Hall–Kier alpha value is -1.80. The Morgan fingerprint density at radius 3 is 2.70 bits per heavy atom. The van der Waals surface area contributed by atoms with Gasteiger partial charge in [0.2, 0.25) is 22.7 Å². The Morgan fingerprint density at radius 1 is 1.35 bits per heavy atom. The predicted molar refractivity (Wildman–Crippen MR) is 73.4 cm³/mol. The second-order valence-electron chi connectivity index (χ2n) is 4.37. The first-order valence-electron chi connectivity index (χ1n) is 5.99.